The number of rotatable bonds is 18. The number of benzene rings is 2. The van der Waals surface area contributed by atoms with Crippen LogP contribution < -0.4 is 10.6 Å². The number of nitrogens with one attached hydrogen (secondary N) is 2. The van der Waals surface area contributed by atoms with Crippen LogP contribution in [0.5, 0.6) is 0 Å². The zero-order valence-electron chi connectivity index (χ0n) is 36.6. The zero-order valence-corrected chi connectivity index (χ0v) is 36.6. The smallest absolute Gasteiger partial charge is 0.407 e. The molecule has 2 amide bonds. The molecule has 65 heavy (non-hydrogen) atoms. The van der Waals surface area contributed by atoms with E-state index in [4.69, 9.17) is 47.4 Å². The first-order valence-corrected chi connectivity index (χ1v) is 20.7. The molecular weight excluding hydrogens is 860 g/mol. The molecule has 2 aromatic carbocycles. The maximum absolute atomic E-state index is 13.5. The highest BCUT2D eigenvalue weighted by atomic mass is 16.8. The summed E-state index contributed by atoms with van der Waals surface area (Å²) >= 11 is 0. The molecule has 0 radical (unpaired) electrons. The number of esters is 5. The van der Waals surface area contributed by atoms with Crippen molar-refractivity contribution in [3.63, 3.8) is 0 Å². The molecule has 354 valence electrons. The first kappa shape index (κ1) is 50.0. The van der Waals surface area contributed by atoms with Crippen LogP contribution in [0, 0.1) is 0 Å². The van der Waals surface area contributed by atoms with Crippen molar-refractivity contribution in [2.24, 2.45) is 0 Å². The zero-order chi connectivity index (χ0) is 47.5. The molecule has 2 heterocycles. The normalized spacial score (nSPS) is 26.7. The molecule has 2 saturated heterocycles. The third-order valence-corrected chi connectivity index (χ3v) is 10.5. The van der Waals surface area contributed by atoms with E-state index in [0.29, 0.717) is 0 Å². The lowest BCUT2D eigenvalue weighted by molar-refractivity contribution is -0.349. The number of ether oxygens (including phenoxy) is 10. The maximum atomic E-state index is 13.5. The quantitative estimate of drug-likeness (QED) is 0.0925. The minimum atomic E-state index is -1.86. The van der Waals surface area contributed by atoms with Gasteiger partial charge in [0.15, 0.2) is 36.9 Å². The van der Waals surface area contributed by atoms with Crippen molar-refractivity contribution in [2.45, 2.75) is 121 Å². The van der Waals surface area contributed by atoms with E-state index < -0.39 is 129 Å². The summed E-state index contributed by atoms with van der Waals surface area (Å²) in [6.45, 7) is 8.36. The highest BCUT2D eigenvalue weighted by Gasteiger charge is 2.56. The Morgan fingerprint density at radius 3 is 1.85 bits per heavy atom. The van der Waals surface area contributed by atoms with Gasteiger partial charge in [-0.25, -0.2) is 9.59 Å². The predicted octanol–water partition coefficient (Wildman–Crippen LogP) is 1.08. The minimum Gasteiger partial charge on any atom is -0.463 e. The lowest BCUT2D eigenvalue weighted by atomic mass is 9.95. The highest BCUT2D eigenvalue weighted by Crippen LogP contribution is 2.44. The topological polar surface area (TPSA) is 276 Å². The van der Waals surface area contributed by atoms with Crippen molar-refractivity contribution in [1.29, 1.82) is 0 Å². The molecule has 2 aliphatic heterocycles. The van der Waals surface area contributed by atoms with Crippen molar-refractivity contribution >= 4 is 41.8 Å². The third kappa shape index (κ3) is 12.6. The fourth-order valence-electron chi connectivity index (χ4n) is 7.84. The summed E-state index contributed by atoms with van der Waals surface area (Å²) in [5.41, 5.74) is 3.88. The van der Waals surface area contributed by atoms with Crippen LogP contribution in [-0.2, 0) is 76.1 Å². The van der Waals surface area contributed by atoms with Gasteiger partial charge in [-0.05, 0) is 29.2 Å². The Kier molecular flexibility index (Phi) is 17.5. The molecule has 0 spiro atoms. The Morgan fingerprint density at radius 1 is 0.723 bits per heavy atom. The molecule has 2 fully saturated rings. The maximum Gasteiger partial charge on any atom is 0.407 e. The molecule has 4 N–H and O–H groups in total. The number of aliphatic hydroxyl groups excluding tert-OH is 2. The van der Waals surface area contributed by atoms with E-state index in [2.05, 4.69) is 17.2 Å². The Bertz CT molecular complexity index is 2020. The summed E-state index contributed by atoms with van der Waals surface area (Å²) in [6.07, 6.45) is -16.2. The summed E-state index contributed by atoms with van der Waals surface area (Å²) < 4.78 is 57.0. The van der Waals surface area contributed by atoms with Crippen molar-refractivity contribution in [3.05, 3.63) is 72.3 Å². The van der Waals surface area contributed by atoms with E-state index in [-0.39, 0.29) is 19.1 Å². The van der Waals surface area contributed by atoms with Crippen LogP contribution in [0.4, 0.5) is 4.79 Å². The van der Waals surface area contributed by atoms with Gasteiger partial charge in [-0.15, -0.1) is 0 Å². The molecule has 21 heteroatoms. The summed E-state index contributed by atoms with van der Waals surface area (Å²) in [5, 5.41) is 27.1. The fraction of sp³-hybridized carbons (Fsp3) is 0.523. The van der Waals surface area contributed by atoms with Gasteiger partial charge in [-0.1, -0.05) is 61.2 Å². The van der Waals surface area contributed by atoms with Gasteiger partial charge >= 0.3 is 35.9 Å². The van der Waals surface area contributed by atoms with E-state index in [9.17, 15) is 43.8 Å². The van der Waals surface area contributed by atoms with E-state index in [1.807, 2.05) is 48.5 Å². The molecule has 1 aliphatic carbocycles. The Hall–Kier alpha value is -5.97. The van der Waals surface area contributed by atoms with Gasteiger partial charge < -0.3 is 68.2 Å². The van der Waals surface area contributed by atoms with Crippen LogP contribution in [-0.4, -0.2) is 152 Å². The lowest BCUT2D eigenvalue weighted by Crippen LogP contribution is -2.69. The Balaban J connectivity index is 1.43. The molecule has 0 aromatic heterocycles. The van der Waals surface area contributed by atoms with Crippen LogP contribution in [0.25, 0.3) is 11.1 Å². The monoisotopic (exact) mass is 914 g/mol. The van der Waals surface area contributed by atoms with Crippen LogP contribution in [0.1, 0.15) is 58.6 Å². The van der Waals surface area contributed by atoms with Crippen molar-refractivity contribution in [1.82, 2.24) is 10.6 Å². The van der Waals surface area contributed by atoms with Gasteiger partial charge in [0.1, 0.15) is 50.3 Å². The standard InChI is InChI=1S/C44H54N2O19/c1-8-17-56-41(54)34(46-44(55)58-19-31-29-15-11-9-13-27(29)28-14-10-12-16-30(28)31)21(2)59-42-35(45-22(3)48)38(36(53)32(18-47)63-42)65-43-40(62-26(7)52)39(61-25(6)51)37(60-24(5)50)33(64-43)20-57-23(4)49/h8-16,21,31-40,42-43,47,53H,1,17-20H2,2-7H3,(H,45,48)(H,46,55)/t21-,32-,33-,34+,35-,36+,37+,38-,39+,40-,42+,43+/m1/s1. The second-order valence-electron chi connectivity index (χ2n) is 15.3. The van der Waals surface area contributed by atoms with E-state index in [1.54, 1.807) is 0 Å². The van der Waals surface area contributed by atoms with Gasteiger partial charge in [0.05, 0.1) is 12.7 Å². The summed E-state index contributed by atoms with van der Waals surface area (Å²) in [6, 6.07) is 12.2. The van der Waals surface area contributed by atoms with E-state index >= 15 is 0 Å². The number of alkyl carbamates (subject to hydrolysis) is 1. The number of hydrogen-bond acceptors (Lipinski definition) is 19. The van der Waals surface area contributed by atoms with Gasteiger partial charge in [0, 0.05) is 40.5 Å². The summed E-state index contributed by atoms with van der Waals surface area (Å²) in [5.74, 6) is -5.54. The van der Waals surface area contributed by atoms with E-state index in [0.717, 1.165) is 56.9 Å². The minimum absolute atomic E-state index is 0.103. The number of amides is 2. The highest BCUT2D eigenvalue weighted by molar-refractivity contribution is 5.82. The Labute approximate surface area is 373 Å². The molecule has 0 unspecified atom stereocenters. The van der Waals surface area contributed by atoms with Crippen LogP contribution in [0.15, 0.2) is 61.2 Å². The largest absolute Gasteiger partial charge is 0.463 e. The van der Waals surface area contributed by atoms with Gasteiger partial charge in [0.2, 0.25) is 5.91 Å². The second-order valence-corrected chi connectivity index (χ2v) is 15.3. The molecule has 3 aliphatic rings. The fourth-order valence-corrected chi connectivity index (χ4v) is 7.84. The molecule has 5 rings (SSSR count). The van der Waals surface area contributed by atoms with Gasteiger partial charge in [-0.2, -0.15) is 0 Å². The van der Waals surface area contributed by atoms with Crippen molar-refractivity contribution < 1.29 is 91.1 Å². The SMILES string of the molecule is C=CCOC(=O)[C@@H](NC(=O)OCC1c2ccccc2-c2ccccc21)[C@@H](C)O[C@H]1O[C@H](CO)[C@H](O)[C@H](O[C@@H]2O[C@H](COC(C)=O)[C@H](OC(C)=O)[C@H](OC(C)=O)[C@H]2OC(C)=O)[C@H]1NC(C)=O. The lowest BCUT2D eigenvalue weighted by Gasteiger charge is -2.49. The summed E-state index contributed by atoms with van der Waals surface area (Å²) in [7, 11) is 0. The molecule has 21 nitrogen and oxygen atoms in total. The van der Waals surface area contributed by atoms with Crippen LogP contribution in [0.3, 0.4) is 0 Å². The molecule has 0 saturated carbocycles. The molecule has 2 aromatic rings. The third-order valence-electron chi connectivity index (χ3n) is 10.5. The van der Waals surface area contributed by atoms with Crippen molar-refractivity contribution in [3.8, 4) is 11.1 Å². The average Bonchev–Trinajstić information content (AvgIpc) is 3.57. The molecular formula is C44H54N2O19. The van der Waals surface area contributed by atoms with E-state index in [1.165, 1.54) is 13.0 Å². The molecule has 12 atom stereocenters. The van der Waals surface area contributed by atoms with Crippen molar-refractivity contribution in [2.75, 3.05) is 26.4 Å². The number of carbonyl (C=O) groups excluding carboxylic acids is 7. The van der Waals surface area contributed by atoms with Gasteiger partial charge in [-0.3, -0.25) is 24.0 Å². The number of fused-ring (bicyclic) bond motifs is 3. The second kappa shape index (κ2) is 22.8. The first-order chi connectivity index (χ1) is 30.9. The van der Waals surface area contributed by atoms with Crippen LogP contribution >= 0.6 is 0 Å². The van der Waals surface area contributed by atoms with Gasteiger partial charge in [0.25, 0.3) is 0 Å². The molecule has 0 bridgehead atoms. The average molecular weight is 915 g/mol. The summed E-state index contributed by atoms with van der Waals surface area (Å²) in [4.78, 5) is 88.9. The predicted molar refractivity (Wildman–Crippen MR) is 220 cm³/mol. The number of carbonyl (C=O) groups is 7. The number of hydrogen-bond donors (Lipinski definition) is 4. The Morgan fingerprint density at radius 2 is 1.29 bits per heavy atom. The first-order valence-electron chi connectivity index (χ1n) is 20.7. The van der Waals surface area contributed by atoms with Crippen LogP contribution in [0.2, 0.25) is 0 Å². The number of aliphatic hydroxyl groups is 2.